The molecule has 5 heteroatoms. The van der Waals surface area contributed by atoms with E-state index in [4.69, 9.17) is 19.3 Å². The van der Waals surface area contributed by atoms with Crippen LogP contribution in [0.1, 0.15) is 65.5 Å². The lowest BCUT2D eigenvalue weighted by atomic mass is 9.90. The van der Waals surface area contributed by atoms with Gasteiger partial charge in [-0.3, -0.25) is 4.79 Å². The van der Waals surface area contributed by atoms with Crippen LogP contribution in [0.5, 0.6) is 17.2 Å². The molecule has 0 saturated heterocycles. The summed E-state index contributed by atoms with van der Waals surface area (Å²) in [4.78, 5) is 11.1. The first-order valence-corrected chi connectivity index (χ1v) is 13.0. The third-order valence-corrected chi connectivity index (χ3v) is 7.74. The largest absolute Gasteiger partial charge is 0.493 e. The van der Waals surface area contributed by atoms with Gasteiger partial charge in [0.15, 0.2) is 0 Å². The lowest BCUT2D eigenvalue weighted by Crippen LogP contribution is -2.07. The molecule has 186 valence electrons. The Morgan fingerprint density at radius 1 is 1.00 bits per heavy atom. The summed E-state index contributed by atoms with van der Waals surface area (Å²) in [6.45, 7) is 5.59. The third kappa shape index (κ3) is 4.43. The molecule has 5 nitrogen and oxygen atoms in total. The molecular formula is C31H32O5. The van der Waals surface area contributed by atoms with Crippen molar-refractivity contribution < 1.29 is 24.1 Å². The van der Waals surface area contributed by atoms with Gasteiger partial charge in [0.25, 0.3) is 0 Å². The normalized spacial score (nSPS) is 19.9. The Balaban J connectivity index is 1.23. The van der Waals surface area contributed by atoms with Gasteiger partial charge in [-0.1, -0.05) is 24.3 Å². The molecule has 2 atom stereocenters. The molecule has 0 amide bonds. The molecule has 1 heterocycles. The lowest BCUT2D eigenvalue weighted by molar-refractivity contribution is -0.137. The Kier molecular flexibility index (Phi) is 5.87. The SMILES string of the molecule is Cc1cc(OCC2CC2)cc(C)c1-c1cccc2c1CC[C@H]2Oc1ccc2c(c1)OCC2CC(=O)O. The number of aryl methyl sites for hydroxylation is 2. The van der Waals surface area contributed by atoms with Gasteiger partial charge in [0.05, 0.1) is 19.6 Å². The van der Waals surface area contributed by atoms with Crippen molar-refractivity contribution in [3.05, 3.63) is 76.3 Å². The molecule has 3 aromatic carbocycles. The summed E-state index contributed by atoms with van der Waals surface area (Å²) in [6, 6.07) is 16.7. The van der Waals surface area contributed by atoms with Gasteiger partial charge in [0.1, 0.15) is 23.4 Å². The highest BCUT2D eigenvalue weighted by molar-refractivity contribution is 5.76. The Hall–Kier alpha value is -3.47. The second-order valence-corrected chi connectivity index (χ2v) is 10.5. The Labute approximate surface area is 212 Å². The van der Waals surface area contributed by atoms with Crippen LogP contribution < -0.4 is 14.2 Å². The monoisotopic (exact) mass is 484 g/mol. The van der Waals surface area contributed by atoms with Crippen molar-refractivity contribution in [2.45, 2.75) is 58.0 Å². The zero-order chi connectivity index (χ0) is 24.8. The van der Waals surface area contributed by atoms with Crippen LogP contribution in [0.4, 0.5) is 0 Å². The average Bonchev–Trinajstić information content (AvgIpc) is 3.47. The van der Waals surface area contributed by atoms with E-state index in [0.29, 0.717) is 6.61 Å². The predicted molar refractivity (Wildman–Crippen MR) is 138 cm³/mol. The number of aliphatic carboxylic acids is 1. The van der Waals surface area contributed by atoms with Crippen LogP contribution in [0.15, 0.2) is 48.5 Å². The van der Waals surface area contributed by atoms with Gasteiger partial charge in [-0.05, 0) is 97.0 Å². The summed E-state index contributed by atoms with van der Waals surface area (Å²) in [5.74, 6) is 2.31. The minimum atomic E-state index is -0.805. The highest BCUT2D eigenvalue weighted by Gasteiger charge is 2.30. The average molecular weight is 485 g/mol. The molecule has 0 aromatic heterocycles. The van der Waals surface area contributed by atoms with Crippen molar-refractivity contribution >= 4 is 5.97 Å². The van der Waals surface area contributed by atoms with E-state index >= 15 is 0 Å². The fourth-order valence-electron chi connectivity index (χ4n) is 5.78. The van der Waals surface area contributed by atoms with Crippen molar-refractivity contribution in [1.82, 2.24) is 0 Å². The highest BCUT2D eigenvalue weighted by atomic mass is 16.5. The Morgan fingerprint density at radius 3 is 2.56 bits per heavy atom. The maximum absolute atomic E-state index is 11.1. The second kappa shape index (κ2) is 9.20. The van der Waals surface area contributed by atoms with E-state index in [1.165, 1.54) is 46.2 Å². The summed E-state index contributed by atoms with van der Waals surface area (Å²) in [5, 5.41) is 9.15. The van der Waals surface area contributed by atoms with Gasteiger partial charge < -0.3 is 19.3 Å². The molecule has 3 aliphatic rings. The van der Waals surface area contributed by atoms with Crippen LogP contribution in [-0.2, 0) is 11.2 Å². The fourth-order valence-corrected chi connectivity index (χ4v) is 5.78. The minimum Gasteiger partial charge on any atom is -0.493 e. The number of rotatable bonds is 8. The van der Waals surface area contributed by atoms with Gasteiger partial charge in [-0.15, -0.1) is 0 Å². The molecule has 1 aliphatic heterocycles. The van der Waals surface area contributed by atoms with Crippen molar-refractivity contribution in [3.63, 3.8) is 0 Å². The number of hydrogen-bond donors (Lipinski definition) is 1. The van der Waals surface area contributed by atoms with Crippen molar-refractivity contribution in [2.75, 3.05) is 13.2 Å². The maximum Gasteiger partial charge on any atom is 0.304 e. The maximum atomic E-state index is 11.1. The zero-order valence-electron chi connectivity index (χ0n) is 20.9. The molecule has 0 spiro atoms. The fraction of sp³-hybridized carbons (Fsp3) is 0.387. The van der Waals surface area contributed by atoms with Crippen LogP contribution in [0.2, 0.25) is 0 Å². The summed E-state index contributed by atoms with van der Waals surface area (Å²) in [7, 11) is 0. The van der Waals surface area contributed by atoms with Crippen molar-refractivity contribution in [3.8, 4) is 28.4 Å². The van der Waals surface area contributed by atoms with E-state index in [1.54, 1.807) is 0 Å². The van der Waals surface area contributed by atoms with E-state index < -0.39 is 5.97 Å². The molecule has 36 heavy (non-hydrogen) atoms. The lowest BCUT2D eigenvalue weighted by Gasteiger charge is -2.18. The zero-order valence-corrected chi connectivity index (χ0v) is 20.9. The summed E-state index contributed by atoms with van der Waals surface area (Å²) < 4.78 is 18.3. The predicted octanol–water partition coefficient (Wildman–Crippen LogP) is 6.78. The molecule has 0 radical (unpaired) electrons. The minimum absolute atomic E-state index is 0.0176. The Bertz CT molecular complexity index is 1300. The molecule has 0 bridgehead atoms. The van der Waals surface area contributed by atoms with Gasteiger partial charge in [0, 0.05) is 17.5 Å². The van der Waals surface area contributed by atoms with Gasteiger partial charge >= 0.3 is 5.97 Å². The van der Waals surface area contributed by atoms with E-state index in [1.807, 2.05) is 18.2 Å². The summed E-state index contributed by atoms with van der Waals surface area (Å²) in [5.41, 5.74) is 8.62. The summed E-state index contributed by atoms with van der Waals surface area (Å²) in [6.07, 6.45) is 4.54. The Morgan fingerprint density at radius 2 is 1.81 bits per heavy atom. The first-order valence-electron chi connectivity index (χ1n) is 13.0. The number of benzene rings is 3. The molecule has 1 unspecified atom stereocenters. The quantitative estimate of drug-likeness (QED) is 0.382. The van der Waals surface area contributed by atoms with Gasteiger partial charge in [-0.25, -0.2) is 0 Å². The van der Waals surface area contributed by atoms with Crippen molar-refractivity contribution in [2.24, 2.45) is 5.92 Å². The van der Waals surface area contributed by atoms with Crippen LogP contribution >= 0.6 is 0 Å². The molecular weight excluding hydrogens is 452 g/mol. The van der Waals surface area contributed by atoms with Gasteiger partial charge in [0.2, 0.25) is 0 Å². The van der Waals surface area contributed by atoms with Crippen LogP contribution in [0.3, 0.4) is 0 Å². The number of carboxylic acids is 1. The second-order valence-electron chi connectivity index (χ2n) is 10.5. The highest BCUT2D eigenvalue weighted by Crippen LogP contribution is 2.44. The summed E-state index contributed by atoms with van der Waals surface area (Å²) >= 11 is 0. The van der Waals surface area contributed by atoms with E-state index in [2.05, 4.69) is 44.2 Å². The number of carboxylic acid groups (broad SMARTS) is 1. The van der Waals surface area contributed by atoms with Crippen LogP contribution in [-0.4, -0.2) is 24.3 Å². The number of ether oxygens (including phenoxy) is 3. The molecule has 1 saturated carbocycles. The smallest absolute Gasteiger partial charge is 0.304 e. The third-order valence-electron chi connectivity index (χ3n) is 7.74. The molecule has 2 aliphatic carbocycles. The standard InChI is InChI=1S/C31H32O5/c1-18-12-23(34-16-20-6-7-20)13-19(2)31(18)27-5-3-4-26-25(27)10-11-28(26)36-22-8-9-24-21(14-30(32)33)17-35-29(24)15-22/h3-5,8-9,12-13,15,20-21,28H,6-7,10-11,14,16-17H2,1-2H3,(H,32,33)/t21?,28-/m1/s1. The first kappa shape index (κ1) is 23.0. The molecule has 1 N–H and O–H groups in total. The topological polar surface area (TPSA) is 65.0 Å². The molecule has 1 fully saturated rings. The van der Waals surface area contributed by atoms with E-state index in [9.17, 15) is 4.79 Å². The van der Waals surface area contributed by atoms with Gasteiger partial charge in [-0.2, -0.15) is 0 Å². The van der Waals surface area contributed by atoms with Crippen LogP contribution in [0.25, 0.3) is 11.1 Å². The van der Waals surface area contributed by atoms with Crippen LogP contribution in [0, 0.1) is 19.8 Å². The number of carbonyl (C=O) groups is 1. The van der Waals surface area contributed by atoms with E-state index in [0.717, 1.165) is 48.2 Å². The van der Waals surface area contributed by atoms with Crippen molar-refractivity contribution in [1.29, 1.82) is 0 Å². The molecule has 6 rings (SSSR count). The van der Waals surface area contributed by atoms with E-state index in [-0.39, 0.29) is 18.4 Å². The number of fused-ring (bicyclic) bond motifs is 2. The number of hydrogen-bond acceptors (Lipinski definition) is 4. The first-order chi connectivity index (χ1) is 17.5. The molecule has 3 aromatic rings.